The van der Waals surface area contributed by atoms with E-state index in [9.17, 15) is 14.3 Å². The van der Waals surface area contributed by atoms with Crippen LogP contribution in [0, 0.1) is 18.7 Å². The van der Waals surface area contributed by atoms with Crippen LogP contribution in [0.5, 0.6) is 5.75 Å². The number of hydrogen-bond donors (Lipinski definition) is 2. The minimum atomic E-state index is -0.734. The summed E-state index contributed by atoms with van der Waals surface area (Å²) in [7, 11) is 0. The van der Waals surface area contributed by atoms with E-state index in [-0.39, 0.29) is 23.5 Å². The SMILES string of the molecule is Cc1ccnc(C(=O)NC[C@H]2CC[C@@H](Oc3cccc(F)c3)[C@@H]2O)n1. The van der Waals surface area contributed by atoms with Gasteiger partial charge in [0.25, 0.3) is 5.91 Å². The van der Waals surface area contributed by atoms with E-state index in [0.29, 0.717) is 30.8 Å². The van der Waals surface area contributed by atoms with Crippen LogP contribution in [0.3, 0.4) is 0 Å². The molecular formula is C18H20FN3O3. The third-order valence-electron chi connectivity index (χ3n) is 4.29. The number of amides is 1. The molecule has 1 aliphatic rings. The second-order valence-corrected chi connectivity index (χ2v) is 6.17. The Hall–Kier alpha value is -2.54. The number of ether oxygens (including phenoxy) is 1. The molecule has 3 atom stereocenters. The highest BCUT2D eigenvalue weighted by atomic mass is 19.1. The summed E-state index contributed by atoms with van der Waals surface area (Å²) >= 11 is 0. The van der Waals surface area contributed by atoms with Gasteiger partial charge in [-0.25, -0.2) is 14.4 Å². The molecule has 0 saturated heterocycles. The molecule has 1 aromatic heterocycles. The highest BCUT2D eigenvalue weighted by Gasteiger charge is 2.36. The van der Waals surface area contributed by atoms with Crippen LogP contribution in [0.15, 0.2) is 36.5 Å². The number of nitrogens with one attached hydrogen (secondary N) is 1. The number of benzene rings is 1. The fourth-order valence-corrected chi connectivity index (χ4v) is 2.95. The molecule has 3 rings (SSSR count). The summed E-state index contributed by atoms with van der Waals surface area (Å²) < 4.78 is 18.9. The van der Waals surface area contributed by atoms with E-state index < -0.39 is 12.2 Å². The Bertz CT molecular complexity index is 756. The van der Waals surface area contributed by atoms with E-state index in [1.54, 1.807) is 25.1 Å². The van der Waals surface area contributed by atoms with Crippen molar-refractivity contribution in [1.82, 2.24) is 15.3 Å². The molecule has 2 aromatic rings. The van der Waals surface area contributed by atoms with Crippen molar-refractivity contribution in [2.45, 2.75) is 32.0 Å². The third-order valence-corrected chi connectivity index (χ3v) is 4.29. The molecule has 0 radical (unpaired) electrons. The molecule has 0 unspecified atom stereocenters. The molecule has 25 heavy (non-hydrogen) atoms. The number of halogens is 1. The Morgan fingerprint density at radius 3 is 3.00 bits per heavy atom. The van der Waals surface area contributed by atoms with Crippen molar-refractivity contribution in [2.75, 3.05) is 6.54 Å². The normalized spacial score (nSPS) is 22.6. The highest BCUT2D eigenvalue weighted by Crippen LogP contribution is 2.29. The zero-order valence-corrected chi connectivity index (χ0v) is 13.9. The molecule has 1 amide bonds. The van der Waals surface area contributed by atoms with Gasteiger partial charge in [-0.05, 0) is 38.0 Å². The molecule has 1 heterocycles. The van der Waals surface area contributed by atoms with Gasteiger partial charge in [-0.1, -0.05) is 6.07 Å². The molecule has 2 N–H and O–H groups in total. The first-order chi connectivity index (χ1) is 12.0. The number of aliphatic hydroxyl groups is 1. The molecule has 132 valence electrons. The first-order valence-electron chi connectivity index (χ1n) is 8.21. The number of rotatable bonds is 5. The van der Waals surface area contributed by atoms with Crippen molar-refractivity contribution in [2.24, 2.45) is 5.92 Å². The number of carbonyl (C=O) groups is 1. The summed E-state index contributed by atoms with van der Waals surface area (Å²) in [5, 5.41) is 13.2. The standard InChI is InChI=1S/C18H20FN3O3/c1-11-7-8-20-17(22-11)18(24)21-10-12-5-6-15(16(12)23)25-14-4-2-3-13(19)9-14/h2-4,7-9,12,15-16,23H,5-6,10H2,1H3,(H,21,24)/t12-,15-,16-/m1/s1. The summed E-state index contributed by atoms with van der Waals surface area (Å²) in [6.07, 6.45) is 1.72. The number of aliphatic hydroxyl groups excluding tert-OH is 1. The zero-order chi connectivity index (χ0) is 17.8. The Morgan fingerprint density at radius 2 is 2.24 bits per heavy atom. The fourth-order valence-electron chi connectivity index (χ4n) is 2.95. The van der Waals surface area contributed by atoms with Gasteiger partial charge in [-0.3, -0.25) is 4.79 Å². The number of nitrogens with zero attached hydrogens (tertiary/aromatic N) is 2. The van der Waals surface area contributed by atoms with Crippen LogP contribution in [-0.4, -0.2) is 39.7 Å². The number of hydrogen-bond acceptors (Lipinski definition) is 5. The summed E-state index contributed by atoms with van der Waals surface area (Å²) in [5.74, 6) is -0.383. The van der Waals surface area contributed by atoms with E-state index in [2.05, 4.69) is 15.3 Å². The van der Waals surface area contributed by atoms with Gasteiger partial charge in [0.15, 0.2) is 0 Å². The summed E-state index contributed by atoms with van der Waals surface area (Å²) in [6.45, 7) is 2.09. The molecule has 6 nitrogen and oxygen atoms in total. The Labute approximate surface area is 145 Å². The van der Waals surface area contributed by atoms with Crippen LogP contribution in [0.4, 0.5) is 4.39 Å². The number of aromatic nitrogens is 2. The lowest BCUT2D eigenvalue weighted by atomic mass is 10.1. The fraction of sp³-hybridized carbons (Fsp3) is 0.389. The van der Waals surface area contributed by atoms with E-state index in [1.165, 1.54) is 18.3 Å². The summed E-state index contributed by atoms with van der Waals surface area (Å²) in [4.78, 5) is 20.1. The van der Waals surface area contributed by atoms with E-state index >= 15 is 0 Å². The molecule has 0 spiro atoms. The first kappa shape index (κ1) is 17.3. The summed E-state index contributed by atoms with van der Waals surface area (Å²) in [6, 6.07) is 7.55. The lowest BCUT2D eigenvalue weighted by Crippen LogP contribution is -2.37. The lowest BCUT2D eigenvalue weighted by Gasteiger charge is -2.21. The monoisotopic (exact) mass is 345 g/mol. The van der Waals surface area contributed by atoms with Crippen molar-refractivity contribution in [3.63, 3.8) is 0 Å². The van der Waals surface area contributed by atoms with Crippen LogP contribution in [0.25, 0.3) is 0 Å². The number of carbonyl (C=O) groups excluding carboxylic acids is 1. The van der Waals surface area contributed by atoms with Crippen molar-refractivity contribution >= 4 is 5.91 Å². The van der Waals surface area contributed by atoms with Gasteiger partial charge < -0.3 is 15.2 Å². The Morgan fingerprint density at radius 1 is 1.40 bits per heavy atom. The van der Waals surface area contributed by atoms with E-state index in [4.69, 9.17) is 4.74 Å². The molecule has 1 aromatic carbocycles. The maximum Gasteiger partial charge on any atom is 0.289 e. The third kappa shape index (κ3) is 4.30. The minimum Gasteiger partial charge on any atom is -0.488 e. The van der Waals surface area contributed by atoms with Gasteiger partial charge in [0.2, 0.25) is 5.82 Å². The van der Waals surface area contributed by atoms with Crippen LogP contribution in [0.1, 0.15) is 29.2 Å². The van der Waals surface area contributed by atoms with Crippen molar-refractivity contribution in [3.05, 3.63) is 53.9 Å². The van der Waals surface area contributed by atoms with Gasteiger partial charge in [0.1, 0.15) is 17.7 Å². The molecule has 1 saturated carbocycles. The van der Waals surface area contributed by atoms with Crippen LogP contribution < -0.4 is 10.1 Å². The van der Waals surface area contributed by atoms with Crippen molar-refractivity contribution in [3.8, 4) is 5.75 Å². The topological polar surface area (TPSA) is 84.3 Å². The highest BCUT2D eigenvalue weighted by molar-refractivity contribution is 5.90. The van der Waals surface area contributed by atoms with Gasteiger partial charge in [0, 0.05) is 30.4 Å². The average Bonchev–Trinajstić information content (AvgIpc) is 2.93. The largest absolute Gasteiger partial charge is 0.488 e. The molecule has 1 fully saturated rings. The van der Waals surface area contributed by atoms with Gasteiger partial charge in [-0.2, -0.15) is 0 Å². The molecule has 7 heteroatoms. The van der Waals surface area contributed by atoms with Crippen LogP contribution >= 0.6 is 0 Å². The second-order valence-electron chi connectivity index (χ2n) is 6.17. The Kier molecular flexibility index (Phi) is 5.23. The Balaban J connectivity index is 1.53. The van der Waals surface area contributed by atoms with Crippen LogP contribution in [0.2, 0.25) is 0 Å². The molecular weight excluding hydrogens is 325 g/mol. The predicted molar refractivity (Wildman–Crippen MR) is 88.6 cm³/mol. The molecule has 1 aliphatic carbocycles. The maximum absolute atomic E-state index is 13.2. The van der Waals surface area contributed by atoms with Crippen molar-refractivity contribution in [1.29, 1.82) is 0 Å². The summed E-state index contributed by atoms with van der Waals surface area (Å²) in [5.41, 5.74) is 0.713. The molecule has 0 aliphatic heterocycles. The number of aryl methyl sites for hydroxylation is 1. The van der Waals surface area contributed by atoms with Crippen LogP contribution in [-0.2, 0) is 0 Å². The average molecular weight is 345 g/mol. The van der Waals surface area contributed by atoms with E-state index in [1.807, 2.05) is 0 Å². The van der Waals surface area contributed by atoms with Crippen molar-refractivity contribution < 1.29 is 19.0 Å². The first-order valence-corrected chi connectivity index (χ1v) is 8.21. The zero-order valence-electron chi connectivity index (χ0n) is 13.9. The smallest absolute Gasteiger partial charge is 0.289 e. The quantitative estimate of drug-likeness (QED) is 0.864. The van der Waals surface area contributed by atoms with E-state index in [0.717, 1.165) is 0 Å². The van der Waals surface area contributed by atoms with Gasteiger partial charge in [0.05, 0.1) is 6.10 Å². The van der Waals surface area contributed by atoms with Gasteiger partial charge >= 0.3 is 0 Å². The maximum atomic E-state index is 13.2. The lowest BCUT2D eigenvalue weighted by molar-refractivity contribution is 0.0346. The molecule has 0 bridgehead atoms. The van der Waals surface area contributed by atoms with Gasteiger partial charge in [-0.15, -0.1) is 0 Å². The minimum absolute atomic E-state index is 0.111. The predicted octanol–water partition coefficient (Wildman–Crippen LogP) is 1.87. The second kappa shape index (κ2) is 7.57.